The molecule has 1 unspecified atom stereocenters. The number of aromatic nitrogens is 1. The Morgan fingerprint density at radius 3 is 2.81 bits per heavy atom. The number of pyridine rings is 1. The number of nitrogens with zero attached hydrogens (tertiary/aromatic N) is 1. The SMILES string of the molecule is CCNCC(COC)Oc1ccc(C)nc1. The topological polar surface area (TPSA) is 43.4 Å². The molecular formula is C12H20N2O2. The third-order valence-electron chi connectivity index (χ3n) is 2.16. The number of hydrogen-bond acceptors (Lipinski definition) is 4. The molecule has 0 aliphatic rings. The van der Waals surface area contributed by atoms with Crippen molar-refractivity contribution in [2.75, 3.05) is 26.8 Å². The average molecular weight is 224 g/mol. The van der Waals surface area contributed by atoms with Gasteiger partial charge in [-0.3, -0.25) is 4.98 Å². The lowest BCUT2D eigenvalue weighted by Gasteiger charge is -2.18. The number of methoxy groups -OCH3 is 1. The molecule has 1 N–H and O–H groups in total. The fraction of sp³-hybridized carbons (Fsp3) is 0.583. The van der Waals surface area contributed by atoms with Gasteiger partial charge in [-0.05, 0) is 25.6 Å². The maximum atomic E-state index is 5.76. The van der Waals surface area contributed by atoms with E-state index in [1.54, 1.807) is 13.3 Å². The number of likely N-dealkylation sites (N-methyl/N-ethyl adjacent to an activating group) is 1. The molecule has 0 radical (unpaired) electrons. The van der Waals surface area contributed by atoms with Gasteiger partial charge in [-0.2, -0.15) is 0 Å². The van der Waals surface area contributed by atoms with Crippen LogP contribution < -0.4 is 10.1 Å². The van der Waals surface area contributed by atoms with E-state index in [1.807, 2.05) is 19.1 Å². The highest BCUT2D eigenvalue weighted by Crippen LogP contribution is 2.10. The van der Waals surface area contributed by atoms with E-state index >= 15 is 0 Å². The standard InChI is InChI=1S/C12H20N2O2/c1-4-13-7-12(9-15-3)16-11-6-5-10(2)14-8-11/h5-6,8,12-13H,4,7,9H2,1-3H3. The Labute approximate surface area is 97.0 Å². The van der Waals surface area contributed by atoms with Crippen molar-refractivity contribution in [1.29, 1.82) is 0 Å². The number of ether oxygens (including phenoxy) is 2. The van der Waals surface area contributed by atoms with E-state index in [-0.39, 0.29) is 6.10 Å². The minimum absolute atomic E-state index is 0.0226. The van der Waals surface area contributed by atoms with Gasteiger partial charge < -0.3 is 14.8 Å². The Morgan fingerprint density at radius 1 is 1.44 bits per heavy atom. The highest BCUT2D eigenvalue weighted by Gasteiger charge is 2.09. The van der Waals surface area contributed by atoms with Gasteiger partial charge in [0.05, 0.1) is 12.8 Å². The van der Waals surface area contributed by atoms with Crippen LogP contribution in [0.4, 0.5) is 0 Å². The Morgan fingerprint density at radius 2 is 2.25 bits per heavy atom. The maximum absolute atomic E-state index is 5.76. The van der Waals surface area contributed by atoms with Crippen molar-refractivity contribution in [3.05, 3.63) is 24.0 Å². The molecule has 1 aromatic rings. The van der Waals surface area contributed by atoms with Crippen LogP contribution >= 0.6 is 0 Å². The van der Waals surface area contributed by atoms with Gasteiger partial charge in [-0.25, -0.2) is 0 Å². The average Bonchev–Trinajstić information content (AvgIpc) is 2.29. The van der Waals surface area contributed by atoms with Gasteiger partial charge in [0, 0.05) is 19.3 Å². The first kappa shape index (κ1) is 12.9. The summed E-state index contributed by atoms with van der Waals surface area (Å²) < 4.78 is 10.9. The van der Waals surface area contributed by atoms with Crippen molar-refractivity contribution >= 4 is 0 Å². The first-order chi connectivity index (χ1) is 7.76. The third-order valence-corrected chi connectivity index (χ3v) is 2.16. The van der Waals surface area contributed by atoms with Crippen LogP contribution in [-0.2, 0) is 4.74 Å². The number of hydrogen-bond donors (Lipinski definition) is 1. The molecular weight excluding hydrogens is 204 g/mol. The fourth-order valence-corrected chi connectivity index (χ4v) is 1.34. The number of nitrogens with one attached hydrogen (secondary N) is 1. The van der Waals surface area contributed by atoms with E-state index in [0.717, 1.165) is 24.5 Å². The zero-order valence-corrected chi connectivity index (χ0v) is 10.2. The Bertz CT molecular complexity index is 288. The first-order valence-corrected chi connectivity index (χ1v) is 5.55. The lowest BCUT2D eigenvalue weighted by atomic mass is 10.3. The number of rotatable bonds is 7. The van der Waals surface area contributed by atoms with Gasteiger partial charge in [0.25, 0.3) is 0 Å². The second kappa shape index (κ2) is 7.19. The maximum Gasteiger partial charge on any atom is 0.138 e. The summed E-state index contributed by atoms with van der Waals surface area (Å²) in [6.07, 6.45) is 1.76. The smallest absolute Gasteiger partial charge is 0.138 e. The van der Waals surface area contributed by atoms with Crippen LogP contribution in [-0.4, -0.2) is 37.9 Å². The Kier molecular flexibility index (Phi) is 5.82. The molecule has 1 rings (SSSR count). The van der Waals surface area contributed by atoms with Gasteiger partial charge in [0.1, 0.15) is 11.9 Å². The summed E-state index contributed by atoms with van der Waals surface area (Å²) in [6, 6.07) is 3.86. The molecule has 4 heteroatoms. The largest absolute Gasteiger partial charge is 0.485 e. The molecule has 1 heterocycles. The van der Waals surface area contributed by atoms with Crippen molar-refractivity contribution in [3.8, 4) is 5.75 Å². The zero-order chi connectivity index (χ0) is 11.8. The van der Waals surface area contributed by atoms with Crippen LogP contribution in [0.2, 0.25) is 0 Å². The monoisotopic (exact) mass is 224 g/mol. The van der Waals surface area contributed by atoms with E-state index in [4.69, 9.17) is 9.47 Å². The van der Waals surface area contributed by atoms with Gasteiger partial charge >= 0.3 is 0 Å². The molecule has 0 fully saturated rings. The van der Waals surface area contributed by atoms with Crippen molar-refractivity contribution in [1.82, 2.24) is 10.3 Å². The predicted octanol–water partition coefficient (Wildman–Crippen LogP) is 1.39. The highest BCUT2D eigenvalue weighted by atomic mass is 16.5. The van der Waals surface area contributed by atoms with Gasteiger partial charge in [0.2, 0.25) is 0 Å². The normalized spacial score (nSPS) is 12.4. The predicted molar refractivity (Wildman–Crippen MR) is 63.8 cm³/mol. The van der Waals surface area contributed by atoms with E-state index in [2.05, 4.69) is 17.2 Å². The molecule has 0 bridgehead atoms. The highest BCUT2D eigenvalue weighted by molar-refractivity contribution is 5.19. The zero-order valence-electron chi connectivity index (χ0n) is 10.2. The Balaban J connectivity index is 2.49. The molecule has 0 aliphatic carbocycles. The molecule has 4 nitrogen and oxygen atoms in total. The lowest BCUT2D eigenvalue weighted by Crippen LogP contribution is -2.34. The molecule has 0 aromatic carbocycles. The van der Waals surface area contributed by atoms with E-state index in [0.29, 0.717) is 6.61 Å². The van der Waals surface area contributed by atoms with Crippen LogP contribution in [0, 0.1) is 6.92 Å². The van der Waals surface area contributed by atoms with Crippen molar-refractivity contribution in [2.24, 2.45) is 0 Å². The minimum Gasteiger partial charge on any atom is -0.485 e. The summed E-state index contributed by atoms with van der Waals surface area (Å²) in [6.45, 7) is 6.29. The molecule has 0 amide bonds. The van der Waals surface area contributed by atoms with E-state index < -0.39 is 0 Å². The van der Waals surface area contributed by atoms with Gasteiger partial charge in [-0.15, -0.1) is 0 Å². The summed E-state index contributed by atoms with van der Waals surface area (Å²) in [4.78, 5) is 4.19. The van der Waals surface area contributed by atoms with E-state index in [1.165, 1.54) is 0 Å². The summed E-state index contributed by atoms with van der Waals surface area (Å²) >= 11 is 0. The molecule has 0 saturated heterocycles. The van der Waals surface area contributed by atoms with Crippen molar-refractivity contribution in [2.45, 2.75) is 20.0 Å². The van der Waals surface area contributed by atoms with Crippen LogP contribution in [0.1, 0.15) is 12.6 Å². The second-order valence-electron chi connectivity index (χ2n) is 3.64. The van der Waals surface area contributed by atoms with Crippen molar-refractivity contribution < 1.29 is 9.47 Å². The van der Waals surface area contributed by atoms with E-state index in [9.17, 15) is 0 Å². The first-order valence-electron chi connectivity index (χ1n) is 5.55. The molecule has 1 aromatic heterocycles. The summed E-state index contributed by atoms with van der Waals surface area (Å²) in [5.41, 5.74) is 0.988. The van der Waals surface area contributed by atoms with Crippen LogP contribution in [0.25, 0.3) is 0 Å². The van der Waals surface area contributed by atoms with Crippen LogP contribution in [0.5, 0.6) is 5.75 Å². The number of aryl methyl sites for hydroxylation is 1. The molecule has 1 atom stereocenters. The molecule has 0 aliphatic heterocycles. The summed E-state index contributed by atoms with van der Waals surface area (Å²) in [5, 5.41) is 3.24. The quantitative estimate of drug-likeness (QED) is 0.760. The molecule has 90 valence electrons. The van der Waals surface area contributed by atoms with Crippen LogP contribution in [0.3, 0.4) is 0 Å². The van der Waals surface area contributed by atoms with Crippen LogP contribution in [0.15, 0.2) is 18.3 Å². The molecule has 16 heavy (non-hydrogen) atoms. The van der Waals surface area contributed by atoms with Gasteiger partial charge in [-0.1, -0.05) is 6.92 Å². The molecule has 0 saturated carbocycles. The summed E-state index contributed by atoms with van der Waals surface area (Å²) in [5.74, 6) is 0.783. The Hall–Kier alpha value is -1.13. The third kappa shape index (κ3) is 4.59. The summed E-state index contributed by atoms with van der Waals surface area (Å²) in [7, 11) is 1.68. The van der Waals surface area contributed by atoms with Crippen molar-refractivity contribution in [3.63, 3.8) is 0 Å². The molecule has 0 spiro atoms. The minimum atomic E-state index is 0.0226. The second-order valence-corrected chi connectivity index (χ2v) is 3.64. The van der Waals surface area contributed by atoms with Gasteiger partial charge in [0.15, 0.2) is 0 Å². The fourth-order valence-electron chi connectivity index (χ4n) is 1.34. The lowest BCUT2D eigenvalue weighted by molar-refractivity contribution is 0.0807.